The predicted molar refractivity (Wildman–Crippen MR) is 92.5 cm³/mol. The molecule has 0 atom stereocenters. The Labute approximate surface area is 137 Å². The van der Waals surface area contributed by atoms with Gasteiger partial charge in [-0.1, -0.05) is 6.92 Å². The van der Waals surface area contributed by atoms with Gasteiger partial charge in [0.25, 0.3) is 5.91 Å². The molecular weight excluding hydrogens is 313 g/mol. The van der Waals surface area contributed by atoms with Crippen LogP contribution in [0.15, 0.2) is 30.3 Å². The fraction of sp³-hybridized carbons (Fsp3) is 0.176. The Bertz CT molecular complexity index is 887. The van der Waals surface area contributed by atoms with Gasteiger partial charge in [-0.15, -0.1) is 11.3 Å². The molecule has 0 unspecified atom stereocenters. The van der Waals surface area contributed by atoms with Crippen molar-refractivity contribution in [2.24, 2.45) is 0 Å². The van der Waals surface area contributed by atoms with E-state index in [0.717, 1.165) is 27.9 Å². The van der Waals surface area contributed by atoms with Crippen LogP contribution in [0.4, 0.5) is 15.8 Å². The molecule has 0 fully saturated rings. The maximum absolute atomic E-state index is 12.9. The lowest BCUT2D eigenvalue weighted by molar-refractivity contribution is 0.103. The standard InChI is InChI=1S/C17H16FN3OS/c1-3-13-9(2)8-12-14(19)15(23-17(12)21-13)16(22)20-11-6-4-10(18)5-7-11/h4-8H,3,19H2,1-2H3,(H,20,22). The number of rotatable bonds is 3. The van der Waals surface area contributed by atoms with Crippen LogP contribution >= 0.6 is 11.3 Å². The second-order valence-corrected chi connectivity index (χ2v) is 6.26. The van der Waals surface area contributed by atoms with Crippen LogP contribution in [0.1, 0.15) is 27.9 Å². The van der Waals surface area contributed by atoms with Gasteiger partial charge >= 0.3 is 0 Å². The van der Waals surface area contributed by atoms with E-state index in [9.17, 15) is 9.18 Å². The average Bonchev–Trinajstić information content (AvgIpc) is 2.85. The maximum Gasteiger partial charge on any atom is 0.267 e. The van der Waals surface area contributed by atoms with Gasteiger partial charge < -0.3 is 11.1 Å². The third kappa shape index (κ3) is 2.90. The van der Waals surface area contributed by atoms with Crippen molar-refractivity contribution in [1.29, 1.82) is 0 Å². The number of nitrogens with zero attached hydrogens (tertiary/aromatic N) is 1. The Morgan fingerprint density at radius 3 is 2.70 bits per heavy atom. The molecule has 0 saturated carbocycles. The highest BCUT2D eigenvalue weighted by Gasteiger charge is 2.18. The van der Waals surface area contributed by atoms with E-state index < -0.39 is 0 Å². The fourth-order valence-electron chi connectivity index (χ4n) is 2.42. The third-order valence-corrected chi connectivity index (χ3v) is 4.77. The van der Waals surface area contributed by atoms with Gasteiger partial charge in [-0.05, 0) is 49.2 Å². The number of halogens is 1. The fourth-order valence-corrected chi connectivity index (χ4v) is 3.42. The SMILES string of the molecule is CCc1nc2sc(C(=O)Nc3ccc(F)cc3)c(N)c2cc1C. The molecule has 0 bridgehead atoms. The van der Waals surface area contributed by atoms with Gasteiger partial charge in [0.05, 0.1) is 5.69 Å². The molecule has 6 heteroatoms. The number of fused-ring (bicyclic) bond motifs is 1. The Morgan fingerprint density at radius 2 is 2.04 bits per heavy atom. The third-order valence-electron chi connectivity index (χ3n) is 3.66. The van der Waals surface area contributed by atoms with E-state index in [1.165, 1.54) is 35.6 Å². The highest BCUT2D eigenvalue weighted by atomic mass is 32.1. The van der Waals surface area contributed by atoms with Crippen LogP contribution in [0, 0.1) is 12.7 Å². The van der Waals surface area contributed by atoms with Crippen molar-refractivity contribution in [3.63, 3.8) is 0 Å². The first-order valence-electron chi connectivity index (χ1n) is 7.25. The van der Waals surface area contributed by atoms with Gasteiger partial charge in [0.2, 0.25) is 0 Å². The number of thiophene rings is 1. The normalized spacial score (nSPS) is 10.9. The van der Waals surface area contributed by atoms with E-state index in [2.05, 4.69) is 10.3 Å². The van der Waals surface area contributed by atoms with Crippen molar-refractivity contribution < 1.29 is 9.18 Å². The van der Waals surface area contributed by atoms with E-state index >= 15 is 0 Å². The Hall–Kier alpha value is -2.47. The Balaban J connectivity index is 1.97. The van der Waals surface area contributed by atoms with Gasteiger partial charge in [0.1, 0.15) is 15.5 Å². The summed E-state index contributed by atoms with van der Waals surface area (Å²) >= 11 is 1.27. The molecule has 3 N–H and O–H groups in total. The summed E-state index contributed by atoms with van der Waals surface area (Å²) in [5, 5.41) is 3.53. The van der Waals surface area contributed by atoms with E-state index in [-0.39, 0.29) is 11.7 Å². The lowest BCUT2D eigenvalue weighted by atomic mass is 10.1. The minimum Gasteiger partial charge on any atom is -0.397 e. The first-order chi connectivity index (χ1) is 11.0. The van der Waals surface area contributed by atoms with Crippen LogP contribution < -0.4 is 11.1 Å². The Morgan fingerprint density at radius 1 is 1.35 bits per heavy atom. The van der Waals surface area contributed by atoms with Gasteiger partial charge in [0, 0.05) is 16.8 Å². The minimum absolute atomic E-state index is 0.312. The molecule has 0 aliphatic carbocycles. The number of hydrogen-bond acceptors (Lipinski definition) is 4. The molecule has 118 valence electrons. The summed E-state index contributed by atoms with van der Waals surface area (Å²) in [5.74, 6) is -0.663. The number of hydrogen-bond donors (Lipinski definition) is 2. The molecule has 0 saturated heterocycles. The van der Waals surface area contributed by atoms with Gasteiger partial charge in [-0.25, -0.2) is 9.37 Å². The largest absolute Gasteiger partial charge is 0.397 e. The van der Waals surface area contributed by atoms with Crippen molar-refractivity contribution in [1.82, 2.24) is 4.98 Å². The van der Waals surface area contributed by atoms with Gasteiger partial charge in [0.15, 0.2) is 0 Å². The number of anilines is 2. The zero-order chi connectivity index (χ0) is 16.6. The molecule has 2 heterocycles. The summed E-state index contributed by atoms with van der Waals surface area (Å²) < 4.78 is 12.9. The summed E-state index contributed by atoms with van der Waals surface area (Å²) in [6.45, 7) is 4.03. The molecule has 1 aromatic carbocycles. The topological polar surface area (TPSA) is 68.0 Å². The highest BCUT2D eigenvalue weighted by Crippen LogP contribution is 2.34. The monoisotopic (exact) mass is 329 g/mol. The number of aromatic nitrogens is 1. The molecule has 1 amide bonds. The predicted octanol–water partition coefficient (Wildman–Crippen LogP) is 4.14. The number of benzene rings is 1. The molecule has 3 rings (SSSR count). The number of amides is 1. The maximum atomic E-state index is 12.9. The van der Waals surface area contributed by atoms with Crippen LogP contribution in [-0.4, -0.2) is 10.9 Å². The summed E-state index contributed by atoms with van der Waals surface area (Å²) in [4.78, 5) is 18.2. The summed E-state index contributed by atoms with van der Waals surface area (Å²) in [6.07, 6.45) is 0.830. The second-order valence-electron chi connectivity index (χ2n) is 5.26. The summed E-state index contributed by atoms with van der Waals surface area (Å²) in [5.41, 5.74) is 9.15. The molecule has 4 nitrogen and oxygen atoms in total. The number of carbonyl (C=O) groups is 1. The van der Waals surface area contributed by atoms with Crippen LogP contribution in [0.25, 0.3) is 10.2 Å². The van der Waals surface area contributed by atoms with Crippen LogP contribution in [0.3, 0.4) is 0 Å². The molecule has 23 heavy (non-hydrogen) atoms. The molecule has 0 radical (unpaired) electrons. The number of nitrogen functional groups attached to an aromatic ring is 1. The minimum atomic E-state index is -0.351. The lowest BCUT2D eigenvalue weighted by Gasteiger charge is -2.04. The number of carbonyl (C=O) groups excluding carboxylic acids is 1. The van der Waals surface area contributed by atoms with Crippen molar-refractivity contribution in [3.05, 3.63) is 52.3 Å². The van der Waals surface area contributed by atoms with Gasteiger partial charge in [-0.3, -0.25) is 4.79 Å². The average molecular weight is 329 g/mol. The Kier molecular flexibility index (Phi) is 4.00. The molecule has 0 spiro atoms. The van der Waals surface area contributed by atoms with Crippen LogP contribution in [0.5, 0.6) is 0 Å². The molecule has 0 aliphatic heterocycles. The van der Waals surface area contributed by atoms with Crippen molar-refractivity contribution in [2.75, 3.05) is 11.1 Å². The van der Waals surface area contributed by atoms with Gasteiger partial charge in [-0.2, -0.15) is 0 Å². The van der Waals surface area contributed by atoms with Crippen molar-refractivity contribution in [2.45, 2.75) is 20.3 Å². The molecule has 0 aliphatic rings. The smallest absolute Gasteiger partial charge is 0.267 e. The summed E-state index contributed by atoms with van der Waals surface area (Å²) in [7, 11) is 0. The first kappa shape index (κ1) is 15.4. The van der Waals surface area contributed by atoms with Crippen LogP contribution in [-0.2, 0) is 6.42 Å². The zero-order valence-electron chi connectivity index (χ0n) is 12.8. The molecule has 3 aromatic rings. The number of nitrogens with one attached hydrogen (secondary N) is 1. The van der Waals surface area contributed by atoms with Crippen molar-refractivity contribution in [3.8, 4) is 0 Å². The zero-order valence-corrected chi connectivity index (χ0v) is 13.6. The van der Waals surface area contributed by atoms with E-state index in [4.69, 9.17) is 5.73 Å². The van der Waals surface area contributed by atoms with E-state index in [1.54, 1.807) is 0 Å². The van der Waals surface area contributed by atoms with E-state index in [1.807, 2.05) is 19.9 Å². The molecule has 2 aromatic heterocycles. The highest BCUT2D eigenvalue weighted by molar-refractivity contribution is 7.21. The number of aryl methyl sites for hydroxylation is 2. The summed E-state index contributed by atoms with van der Waals surface area (Å²) in [6, 6.07) is 7.58. The van der Waals surface area contributed by atoms with E-state index in [0.29, 0.717) is 16.3 Å². The number of pyridine rings is 1. The number of nitrogens with two attached hydrogens (primary N) is 1. The molecular formula is C17H16FN3OS. The lowest BCUT2D eigenvalue weighted by Crippen LogP contribution is -2.11. The quantitative estimate of drug-likeness (QED) is 0.759. The second kappa shape index (κ2) is 5.96. The van der Waals surface area contributed by atoms with Crippen LogP contribution in [0.2, 0.25) is 0 Å². The van der Waals surface area contributed by atoms with Crippen molar-refractivity contribution >= 4 is 38.8 Å². The first-order valence-corrected chi connectivity index (χ1v) is 8.06.